The van der Waals surface area contributed by atoms with E-state index in [4.69, 9.17) is 5.73 Å². The van der Waals surface area contributed by atoms with Crippen LogP contribution in [-0.4, -0.2) is 35.4 Å². The van der Waals surface area contributed by atoms with Crippen LogP contribution < -0.4 is 11.1 Å². The molecule has 0 spiro atoms. The molecule has 21 heavy (non-hydrogen) atoms. The monoisotopic (exact) mass is 332 g/mol. The number of nitrogen functional groups attached to an aromatic ring is 1. The first-order valence-electron chi connectivity index (χ1n) is 7.25. The van der Waals surface area contributed by atoms with Crippen molar-refractivity contribution in [2.45, 2.75) is 33.2 Å². The van der Waals surface area contributed by atoms with Crippen molar-refractivity contribution in [1.82, 2.24) is 15.2 Å². The molecule has 5 nitrogen and oxygen atoms in total. The van der Waals surface area contributed by atoms with Crippen LogP contribution in [-0.2, 0) is 11.3 Å². The lowest BCUT2D eigenvalue weighted by atomic mass is 9.97. The lowest BCUT2D eigenvalue weighted by Crippen LogP contribution is -2.41. The van der Waals surface area contributed by atoms with E-state index in [-0.39, 0.29) is 24.2 Å². The van der Waals surface area contributed by atoms with Crippen LogP contribution in [0.3, 0.4) is 0 Å². The molecular weight excluding hydrogens is 308 g/mol. The third kappa shape index (κ3) is 5.80. The van der Waals surface area contributed by atoms with Crippen molar-refractivity contribution in [3.05, 3.63) is 11.1 Å². The maximum atomic E-state index is 11.6. The topological polar surface area (TPSA) is 71.2 Å². The second-order valence-corrected chi connectivity index (χ2v) is 6.95. The normalized spacial score (nSPS) is 19.3. The Morgan fingerprint density at radius 2 is 2.38 bits per heavy atom. The van der Waals surface area contributed by atoms with E-state index >= 15 is 0 Å². The molecule has 1 atom stereocenters. The molecule has 2 heterocycles. The van der Waals surface area contributed by atoms with E-state index in [1.54, 1.807) is 11.3 Å². The Balaban J connectivity index is 0.00000220. The summed E-state index contributed by atoms with van der Waals surface area (Å²) in [5.41, 5.74) is 5.66. The van der Waals surface area contributed by atoms with E-state index in [0.29, 0.717) is 11.0 Å². The van der Waals surface area contributed by atoms with Crippen LogP contribution in [0.1, 0.15) is 31.6 Å². The van der Waals surface area contributed by atoms with Gasteiger partial charge in [0.2, 0.25) is 5.91 Å². The van der Waals surface area contributed by atoms with E-state index in [2.05, 4.69) is 15.2 Å². The number of piperidine rings is 1. The summed E-state index contributed by atoms with van der Waals surface area (Å²) < 4.78 is 0. The smallest absolute Gasteiger partial charge is 0.222 e. The fourth-order valence-electron chi connectivity index (χ4n) is 2.53. The average Bonchev–Trinajstić information content (AvgIpc) is 2.81. The number of hydrogen-bond donors (Lipinski definition) is 2. The quantitative estimate of drug-likeness (QED) is 0.866. The number of hydrogen-bond acceptors (Lipinski definition) is 5. The zero-order chi connectivity index (χ0) is 14.5. The van der Waals surface area contributed by atoms with Crippen molar-refractivity contribution in [2.75, 3.05) is 25.4 Å². The van der Waals surface area contributed by atoms with Gasteiger partial charge in [0, 0.05) is 36.6 Å². The van der Waals surface area contributed by atoms with E-state index in [1.165, 1.54) is 17.7 Å². The third-order valence-corrected chi connectivity index (χ3v) is 4.45. The Labute approximate surface area is 136 Å². The number of halogens is 1. The molecule has 1 fully saturated rings. The fraction of sp³-hybridized carbons (Fsp3) is 0.714. The number of rotatable bonds is 5. The maximum Gasteiger partial charge on any atom is 0.222 e. The molecule has 2 rings (SSSR count). The minimum atomic E-state index is 0. The number of carbonyl (C=O) groups excluding carboxylic acids is 1. The highest BCUT2D eigenvalue weighted by Gasteiger charge is 2.21. The largest absolute Gasteiger partial charge is 0.375 e. The molecule has 7 heteroatoms. The highest BCUT2D eigenvalue weighted by molar-refractivity contribution is 7.15. The first-order valence-corrected chi connectivity index (χ1v) is 8.06. The van der Waals surface area contributed by atoms with Crippen molar-refractivity contribution in [2.24, 2.45) is 11.8 Å². The molecular formula is C14H25ClN4OS. The Bertz CT molecular complexity index is 452. The van der Waals surface area contributed by atoms with Gasteiger partial charge in [-0.3, -0.25) is 9.69 Å². The molecule has 0 radical (unpaired) electrons. The van der Waals surface area contributed by atoms with Crippen LogP contribution in [0.25, 0.3) is 0 Å². The highest BCUT2D eigenvalue weighted by Crippen LogP contribution is 2.21. The summed E-state index contributed by atoms with van der Waals surface area (Å²) in [7, 11) is 0. The fourth-order valence-corrected chi connectivity index (χ4v) is 3.25. The van der Waals surface area contributed by atoms with Crippen LogP contribution in [0.15, 0.2) is 6.20 Å². The van der Waals surface area contributed by atoms with Gasteiger partial charge in [-0.1, -0.05) is 13.8 Å². The Hall–Kier alpha value is -0.850. The predicted octanol–water partition coefficient (Wildman–Crippen LogP) is 2.13. The molecule has 0 bridgehead atoms. The number of carbonyl (C=O) groups is 1. The van der Waals surface area contributed by atoms with Crippen molar-refractivity contribution in [1.29, 1.82) is 0 Å². The van der Waals surface area contributed by atoms with Gasteiger partial charge in [0.15, 0.2) is 5.13 Å². The van der Waals surface area contributed by atoms with Gasteiger partial charge in [-0.25, -0.2) is 4.98 Å². The summed E-state index contributed by atoms with van der Waals surface area (Å²) in [5.74, 6) is 0.768. The van der Waals surface area contributed by atoms with Gasteiger partial charge in [-0.05, 0) is 25.3 Å². The van der Waals surface area contributed by atoms with Crippen molar-refractivity contribution < 1.29 is 4.79 Å². The first kappa shape index (κ1) is 18.2. The molecule has 0 aromatic carbocycles. The summed E-state index contributed by atoms with van der Waals surface area (Å²) in [6.45, 7) is 7.72. The molecule has 120 valence electrons. The summed E-state index contributed by atoms with van der Waals surface area (Å²) in [5, 5.41) is 3.68. The molecule has 3 N–H and O–H groups in total. The second-order valence-electron chi connectivity index (χ2n) is 5.81. The van der Waals surface area contributed by atoms with Gasteiger partial charge < -0.3 is 11.1 Å². The van der Waals surface area contributed by atoms with Crippen LogP contribution >= 0.6 is 23.7 Å². The lowest BCUT2D eigenvalue weighted by Gasteiger charge is -2.32. The minimum absolute atomic E-state index is 0. The highest BCUT2D eigenvalue weighted by atomic mass is 35.5. The van der Waals surface area contributed by atoms with Crippen LogP contribution in [0.5, 0.6) is 0 Å². The molecule has 1 unspecified atom stereocenters. The minimum Gasteiger partial charge on any atom is -0.375 e. The Morgan fingerprint density at radius 3 is 3.00 bits per heavy atom. The van der Waals surface area contributed by atoms with Crippen molar-refractivity contribution in [3.8, 4) is 0 Å². The average molecular weight is 333 g/mol. The molecule has 1 aromatic rings. The predicted molar refractivity (Wildman–Crippen MR) is 89.6 cm³/mol. The van der Waals surface area contributed by atoms with Gasteiger partial charge in [-0.15, -0.1) is 23.7 Å². The Kier molecular flexibility index (Phi) is 7.42. The molecule has 1 saturated heterocycles. The maximum absolute atomic E-state index is 11.6. The van der Waals surface area contributed by atoms with Gasteiger partial charge in [0.1, 0.15) is 0 Å². The van der Waals surface area contributed by atoms with Crippen molar-refractivity contribution in [3.63, 3.8) is 0 Å². The summed E-state index contributed by atoms with van der Waals surface area (Å²) in [6.07, 6.45) is 4.25. The molecule has 1 aliphatic heterocycles. The molecule has 0 aliphatic carbocycles. The van der Waals surface area contributed by atoms with Crippen LogP contribution in [0.4, 0.5) is 5.13 Å². The number of anilines is 1. The number of amides is 1. The Morgan fingerprint density at radius 1 is 1.62 bits per heavy atom. The summed E-state index contributed by atoms with van der Waals surface area (Å²) in [4.78, 5) is 19.4. The second kappa shape index (κ2) is 8.56. The summed E-state index contributed by atoms with van der Waals surface area (Å²) in [6, 6.07) is 0. The van der Waals surface area contributed by atoms with Crippen molar-refractivity contribution >= 4 is 34.8 Å². The number of nitrogens with two attached hydrogens (primary N) is 1. The number of likely N-dealkylation sites (tertiary alicyclic amines) is 1. The number of nitrogens with zero attached hydrogens (tertiary/aromatic N) is 2. The lowest BCUT2D eigenvalue weighted by molar-refractivity contribution is -0.124. The zero-order valence-electron chi connectivity index (χ0n) is 12.7. The van der Waals surface area contributed by atoms with E-state index < -0.39 is 0 Å². The first-order chi connectivity index (χ1) is 9.54. The molecule has 1 aliphatic rings. The van der Waals surface area contributed by atoms with Gasteiger partial charge >= 0.3 is 0 Å². The third-order valence-electron chi connectivity index (χ3n) is 3.64. The number of aromatic nitrogens is 1. The van der Waals surface area contributed by atoms with E-state index in [1.807, 2.05) is 20.0 Å². The zero-order valence-corrected chi connectivity index (χ0v) is 14.3. The van der Waals surface area contributed by atoms with Crippen LogP contribution in [0, 0.1) is 11.8 Å². The standard InChI is InChI=1S/C14H24N4OS.ClH/c1-10(2)13(19)16-6-11-4-3-5-18(8-11)9-12-7-17-14(15)20-12;/h7,10-11H,3-6,8-9H2,1-2H3,(H2,15,17)(H,16,19);1H. The van der Waals surface area contributed by atoms with E-state index in [9.17, 15) is 4.79 Å². The van der Waals surface area contributed by atoms with Gasteiger partial charge in [0.05, 0.1) is 0 Å². The van der Waals surface area contributed by atoms with Gasteiger partial charge in [0.25, 0.3) is 0 Å². The molecule has 0 saturated carbocycles. The summed E-state index contributed by atoms with van der Waals surface area (Å²) >= 11 is 1.56. The SMILES string of the molecule is CC(C)C(=O)NCC1CCCN(Cc2cnc(N)s2)C1.Cl. The number of nitrogens with one attached hydrogen (secondary N) is 1. The number of thiazole rings is 1. The van der Waals surface area contributed by atoms with Crippen LogP contribution in [0.2, 0.25) is 0 Å². The molecule has 1 aromatic heterocycles. The van der Waals surface area contributed by atoms with E-state index in [0.717, 1.165) is 26.2 Å². The van der Waals surface area contributed by atoms with Gasteiger partial charge in [-0.2, -0.15) is 0 Å². The molecule has 1 amide bonds.